The van der Waals surface area contributed by atoms with Crippen molar-refractivity contribution in [3.8, 4) is 5.75 Å². The molecule has 0 aliphatic rings. The van der Waals surface area contributed by atoms with Crippen molar-refractivity contribution in [2.75, 3.05) is 16.9 Å². The summed E-state index contributed by atoms with van der Waals surface area (Å²) >= 11 is 12.0. The zero-order chi connectivity index (χ0) is 16.9. The van der Waals surface area contributed by atoms with Gasteiger partial charge in [0.2, 0.25) is 5.91 Å². The van der Waals surface area contributed by atoms with E-state index in [2.05, 4.69) is 46.7 Å². The Morgan fingerprint density at radius 2 is 2.05 bits per heavy atom. The lowest BCUT2D eigenvalue weighted by atomic mass is 10.3. The topological polar surface area (TPSA) is 102 Å². The predicted molar refractivity (Wildman–Crippen MR) is 90.6 cm³/mol. The third kappa shape index (κ3) is 6.51. The van der Waals surface area contributed by atoms with Crippen LogP contribution in [0.5, 0.6) is 5.75 Å². The molecular formula is C11H11Br2ClN2O5S. The Kier molecular flexibility index (Phi) is 7.10. The van der Waals surface area contributed by atoms with E-state index in [0.29, 0.717) is 5.33 Å². The molecule has 0 bridgehead atoms. The highest BCUT2D eigenvalue weighted by molar-refractivity contribution is 9.12. The molecule has 1 unspecified atom stereocenters. The zero-order valence-electron chi connectivity index (χ0n) is 11.1. The average Bonchev–Trinajstić information content (AvgIpc) is 2.39. The molecule has 0 saturated heterocycles. The van der Waals surface area contributed by atoms with E-state index in [0.717, 1.165) is 6.26 Å². The summed E-state index contributed by atoms with van der Waals surface area (Å²) in [6.07, 6.45) is 0.884. The summed E-state index contributed by atoms with van der Waals surface area (Å²) in [6, 6.07) is 3.21. The number of nitrogens with one attached hydrogen (secondary N) is 2. The van der Waals surface area contributed by atoms with Gasteiger partial charge in [-0.05, 0) is 18.2 Å². The van der Waals surface area contributed by atoms with Crippen molar-refractivity contribution in [2.45, 2.75) is 4.83 Å². The van der Waals surface area contributed by atoms with Crippen molar-refractivity contribution in [2.24, 2.45) is 0 Å². The Balaban J connectivity index is 2.73. The molecule has 7 nitrogen and oxygen atoms in total. The van der Waals surface area contributed by atoms with Gasteiger partial charge < -0.3 is 9.50 Å². The molecule has 0 fully saturated rings. The molecule has 0 radical (unpaired) electrons. The molecule has 122 valence electrons. The van der Waals surface area contributed by atoms with Crippen LogP contribution in [0.15, 0.2) is 18.2 Å². The Morgan fingerprint density at radius 1 is 1.41 bits per heavy atom. The molecule has 1 atom stereocenters. The van der Waals surface area contributed by atoms with Gasteiger partial charge in [-0.3, -0.25) is 10.1 Å². The van der Waals surface area contributed by atoms with E-state index < -0.39 is 26.9 Å². The summed E-state index contributed by atoms with van der Waals surface area (Å²) in [6.45, 7) is 0. The molecule has 0 aliphatic carbocycles. The largest absolute Gasteiger partial charge is 0.381 e. The van der Waals surface area contributed by atoms with Crippen molar-refractivity contribution in [3.63, 3.8) is 0 Å². The van der Waals surface area contributed by atoms with E-state index in [9.17, 15) is 18.0 Å². The molecule has 0 spiro atoms. The molecule has 0 aromatic heterocycles. The summed E-state index contributed by atoms with van der Waals surface area (Å²) in [5.74, 6) is -0.580. The predicted octanol–water partition coefficient (Wildman–Crippen LogP) is 2.48. The molecule has 1 aromatic carbocycles. The first kappa shape index (κ1) is 19.2. The van der Waals surface area contributed by atoms with Gasteiger partial charge in [-0.25, -0.2) is 4.79 Å². The molecule has 0 saturated carbocycles. The maximum Gasteiger partial charge on any atom is 0.325 e. The van der Waals surface area contributed by atoms with E-state index >= 15 is 0 Å². The molecule has 11 heteroatoms. The highest BCUT2D eigenvalue weighted by Crippen LogP contribution is 2.28. The van der Waals surface area contributed by atoms with Crippen LogP contribution in [0.25, 0.3) is 0 Å². The lowest BCUT2D eigenvalue weighted by molar-refractivity contribution is -0.118. The van der Waals surface area contributed by atoms with Crippen LogP contribution in [0.3, 0.4) is 0 Å². The first-order valence-corrected chi connectivity index (χ1v) is 9.86. The number of rotatable bonds is 5. The number of imide groups is 1. The van der Waals surface area contributed by atoms with Gasteiger partial charge in [-0.15, -0.1) is 0 Å². The van der Waals surface area contributed by atoms with Gasteiger partial charge in [0.05, 0.1) is 11.3 Å². The second-order valence-electron chi connectivity index (χ2n) is 4.00. The number of hydrogen-bond acceptors (Lipinski definition) is 5. The fourth-order valence-corrected chi connectivity index (χ4v) is 2.38. The second kappa shape index (κ2) is 8.14. The second-order valence-corrected chi connectivity index (χ2v) is 7.73. The normalized spacial score (nSPS) is 12.4. The van der Waals surface area contributed by atoms with E-state index in [1.54, 1.807) is 0 Å². The summed E-state index contributed by atoms with van der Waals surface area (Å²) in [7, 11) is -3.70. The standard InChI is InChI=1S/C11H11Br2ClN2O5S/c1-22(19,20)21-9-3-2-6(4-8(9)14)15-11(18)16-10(17)7(13)5-12/h2-4,7H,5H2,1H3,(H2,15,16,17,18). The third-order valence-electron chi connectivity index (χ3n) is 2.09. The van der Waals surface area contributed by atoms with Crippen LogP contribution < -0.4 is 14.8 Å². The van der Waals surface area contributed by atoms with Crippen LogP contribution in [-0.4, -0.2) is 36.8 Å². The highest BCUT2D eigenvalue weighted by atomic mass is 79.9. The summed E-state index contributed by atoms with van der Waals surface area (Å²) in [4.78, 5) is 22.6. The van der Waals surface area contributed by atoms with Crippen molar-refractivity contribution < 1.29 is 22.2 Å². The van der Waals surface area contributed by atoms with Gasteiger partial charge in [0.25, 0.3) is 0 Å². The smallest absolute Gasteiger partial charge is 0.325 e. The van der Waals surface area contributed by atoms with E-state index in [1.807, 2.05) is 0 Å². The number of carbonyl (C=O) groups is 2. The minimum absolute atomic E-state index is 0.00613. The molecule has 22 heavy (non-hydrogen) atoms. The zero-order valence-corrected chi connectivity index (χ0v) is 15.8. The lowest BCUT2D eigenvalue weighted by Gasteiger charge is -2.10. The number of urea groups is 1. The Labute approximate surface area is 149 Å². The van der Waals surface area contributed by atoms with Gasteiger partial charge in [0.1, 0.15) is 4.83 Å². The maximum atomic E-state index is 11.6. The van der Waals surface area contributed by atoms with E-state index in [4.69, 9.17) is 11.6 Å². The average molecular weight is 479 g/mol. The molecule has 0 aliphatic heterocycles. The fourth-order valence-electron chi connectivity index (χ4n) is 1.23. The number of halogens is 3. The number of carbonyl (C=O) groups excluding carboxylic acids is 2. The molecule has 1 aromatic rings. The minimum Gasteiger partial charge on any atom is -0.381 e. The van der Waals surface area contributed by atoms with Gasteiger partial charge in [-0.1, -0.05) is 43.5 Å². The highest BCUT2D eigenvalue weighted by Gasteiger charge is 2.16. The molecule has 2 N–H and O–H groups in total. The molecule has 3 amide bonds. The summed E-state index contributed by atoms with van der Waals surface area (Å²) < 4.78 is 26.7. The van der Waals surface area contributed by atoms with Crippen LogP contribution in [0.4, 0.5) is 10.5 Å². The monoisotopic (exact) mass is 476 g/mol. The quantitative estimate of drug-likeness (QED) is 0.500. The van der Waals surface area contributed by atoms with Crippen LogP contribution in [0, 0.1) is 0 Å². The Hall–Kier alpha value is -0.840. The summed E-state index contributed by atoms with van der Waals surface area (Å²) in [5, 5.41) is 4.84. The number of amides is 3. The van der Waals surface area contributed by atoms with Gasteiger partial charge in [-0.2, -0.15) is 8.42 Å². The minimum atomic E-state index is -3.70. The molecule has 0 heterocycles. The van der Waals surface area contributed by atoms with Gasteiger partial charge in [0.15, 0.2) is 5.75 Å². The SMILES string of the molecule is CS(=O)(=O)Oc1ccc(NC(=O)NC(=O)C(Br)CBr)cc1Cl. The number of alkyl halides is 2. The fraction of sp³-hybridized carbons (Fsp3) is 0.273. The van der Waals surface area contributed by atoms with Crippen molar-refractivity contribution in [3.05, 3.63) is 23.2 Å². The lowest BCUT2D eigenvalue weighted by Crippen LogP contribution is -2.39. The third-order valence-corrected chi connectivity index (χ3v) is 5.12. The van der Waals surface area contributed by atoms with Crippen LogP contribution in [0.1, 0.15) is 0 Å². The Morgan fingerprint density at radius 3 is 2.55 bits per heavy atom. The van der Waals surface area contributed by atoms with E-state index in [1.165, 1.54) is 18.2 Å². The van der Waals surface area contributed by atoms with Crippen LogP contribution in [-0.2, 0) is 14.9 Å². The summed E-state index contributed by atoms with van der Waals surface area (Å²) in [5.41, 5.74) is 0.265. The van der Waals surface area contributed by atoms with Crippen molar-refractivity contribution >= 4 is 71.2 Å². The number of hydrogen-bond donors (Lipinski definition) is 2. The maximum absolute atomic E-state index is 11.6. The molecule has 1 rings (SSSR count). The van der Waals surface area contributed by atoms with Gasteiger partial charge >= 0.3 is 16.1 Å². The van der Waals surface area contributed by atoms with Crippen molar-refractivity contribution in [1.82, 2.24) is 5.32 Å². The number of benzene rings is 1. The van der Waals surface area contributed by atoms with Gasteiger partial charge in [0, 0.05) is 11.0 Å². The first-order valence-electron chi connectivity index (χ1n) is 5.63. The van der Waals surface area contributed by atoms with Crippen LogP contribution in [0.2, 0.25) is 5.02 Å². The molecular weight excluding hydrogens is 467 g/mol. The van der Waals surface area contributed by atoms with E-state index in [-0.39, 0.29) is 16.5 Å². The van der Waals surface area contributed by atoms with Crippen LogP contribution >= 0.6 is 43.5 Å². The Bertz CT molecular complexity index is 683. The van der Waals surface area contributed by atoms with Crippen molar-refractivity contribution in [1.29, 1.82) is 0 Å². The first-order chi connectivity index (χ1) is 10.1. The number of anilines is 1.